The molecule has 1 N–H and O–H groups in total. The maximum absolute atomic E-state index is 12.6. The number of rotatable bonds is 8. The average Bonchev–Trinajstić information content (AvgIpc) is 3.52. The molecule has 2 saturated heterocycles. The summed E-state index contributed by atoms with van der Waals surface area (Å²) in [4.78, 5) is 41.7. The van der Waals surface area contributed by atoms with Gasteiger partial charge >= 0.3 is 0 Å². The van der Waals surface area contributed by atoms with Gasteiger partial charge in [0.1, 0.15) is 5.75 Å². The van der Waals surface area contributed by atoms with Crippen LogP contribution in [0.1, 0.15) is 41.8 Å². The monoisotopic (exact) mass is 469 g/mol. The standard InChI is InChI=1S/C25H31N3O4S/c29-22(9-4-16-32-20-6-2-1-3-7-20)27-13-10-25(11-14-27)12-15-28(19-25)23(30)18-26-24(31)21-8-5-17-33-21/h1-3,5-8,17H,4,9-16,18-19H2,(H,26,31). The molecule has 8 heteroatoms. The van der Waals surface area contributed by atoms with Gasteiger partial charge in [0.15, 0.2) is 0 Å². The van der Waals surface area contributed by atoms with E-state index in [1.165, 1.54) is 11.3 Å². The Morgan fingerprint density at radius 2 is 1.67 bits per heavy atom. The van der Waals surface area contributed by atoms with Crippen molar-refractivity contribution in [3.8, 4) is 5.75 Å². The topological polar surface area (TPSA) is 79.0 Å². The summed E-state index contributed by atoms with van der Waals surface area (Å²) < 4.78 is 5.68. The van der Waals surface area contributed by atoms with Crippen LogP contribution in [0.25, 0.3) is 0 Å². The molecule has 2 aliphatic rings. The van der Waals surface area contributed by atoms with Gasteiger partial charge in [-0.25, -0.2) is 0 Å². The van der Waals surface area contributed by atoms with Gasteiger partial charge in [-0.15, -0.1) is 11.3 Å². The minimum atomic E-state index is -0.201. The molecule has 0 saturated carbocycles. The fourth-order valence-electron chi connectivity index (χ4n) is 4.64. The van der Waals surface area contributed by atoms with Crippen molar-refractivity contribution in [2.75, 3.05) is 39.3 Å². The van der Waals surface area contributed by atoms with E-state index in [1.54, 1.807) is 6.07 Å². The van der Waals surface area contributed by atoms with Gasteiger partial charge in [0.2, 0.25) is 11.8 Å². The maximum atomic E-state index is 12.6. The van der Waals surface area contributed by atoms with Crippen molar-refractivity contribution >= 4 is 29.1 Å². The number of hydrogen-bond acceptors (Lipinski definition) is 5. The summed E-state index contributed by atoms with van der Waals surface area (Å²) in [5, 5.41) is 4.57. The number of amides is 3. The summed E-state index contributed by atoms with van der Waals surface area (Å²) in [5.74, 6) is 0.780. The molecule has 3 amide bonds. The van der Waals surface area contributed by atoms with E-state index < -0.39 is 0 Å². The molecule has 1 aromatic carbocycles. The fourth-order valence-corrected chi connectivity index (χ4v) is 5.28. The zero-order valence-corrected chi connectivity index (χ0v) is 19.6. The predicted octanol–water partition coefficient (Wildman–Crippen LogP) is 3.18. The second-order valence-corrected chi connectivity index (χ2v) is 9.82. The molecule has 0 aliphatic carbocycles. The molecule has 7 nitrogen and oxygen atoms in total. The Bertz CT molecular complexity index is 940. The van der Waals surface area contributed by atoms with Crippen LogP contribution in [0.4, 0.5) is 0 Å². The van der Waals surface area contributed by atoms with Gasteiger partial charge in [0.25, 0.3) is 5.91 Å². The third kappa shape index (κ3) is 6.13. The highest BCUT2D eigenvalue weighted by Crippen LogP contribution is 2.40. The Morgan fingerprint density at radius 1 is 0.939 bits per heavy atom. The predicted molar refractivity (Wildman–Crippen MR) is 127 cm³/mol. The SMILES string of the molecule is O=C(NCC(=O)N1CCC2(CCN(C(=O)CCCOc3ccccc3)CC2)C1)c1cccs1. The molecular weight excluding hydrogens is 438 g/mol. The van der Waals surface area contributed by atoms with E-state index in [0.29, 0.717) is 30.9 Å². The number of benzene rings is 1. The number of carbonyl (C=O) groups excluding carboxylic acids is 3. The summed E-state index contributed by atoms with van der Waals surface area (Å²) in [6.07, 6.45) is 4.00. The third-order valence-corrected chi connectivity index (χ3v) is 7.53. The van der Waals surface area contributed by atoms with Gasteiger partial charge < -0.3 is 19.9 Å². The minimum absolute atomic E-state index is 0.0302. The van der Waals surface area contributed by atoms with Crippen molar-refractivity contribution in [2.45, 2.75) is 32.1 Å². The Morgan fingerprint density at radius 3 is 2.36 bits per heavy atom. The van der Waals surface area contributed by atoms with Gasteiger partial charge in [-0.3, -0.25) is 14.4 Å². The van der Waals surface area contributed by atoms with E-state index in [-0.39, 0.29) is 29.7 Å². The van der Waals surface area contributed by atoms with Crippen molar-refractivity contribution in [1.82, 2.24) is 15.1 Å². The number of carbonyl (C=O) groups is 3. The van der Waals surface area contributed by atoms with E-state index in [2.05, 4.69) is 5.32 Å². The van der Waals surface area contributed by atoms with E-state index >= 15 is 0 Å². The van der Waals surface area contributed by atoms with E-state index in [0.717, 1.165) is 44.6 Å². The van der Waals surface area contributed by atoms with Crippen LogP contribution >= 0.6 is 11.3 Å². The number of nitrogens with one attached hydrogen (secondary N) is 1. The molecule has 0 radical (unpaired) electrons. The van der Waals surface area contributed by atoms with Gasteiger partial charge in [-0.05, 0) is 54.7 Å². The van der Waals surface area contributed by atoms with Gasteiger partial charge in [-0.2, -0.15) is 0 Å². The molecule has 2 fully saturated rings. The lowest BCUT2D eigenvalue weighted by molar-refractivity contribution is -0.134. The molecule has 2 aliphatic heterocycles. The molecule has 3 heterocycles. The molecule has 33 heavy (non-hydrogen) atoms. The summed E-state index contributed by atoms with van der Waals surface area (Å²) in [5.41, 5.74) is 0.0978. The third-order valence-electron chi connectivity index (χ3n) is 6.66. The normalized spacial score (nSPS) is 17.2. The van der Waals surface area contributed by atoms with Crippen LogP contribution in [-0.4, -0.2) is 66.9 Å². The summed E-state index contributed by atoms with van der Waals surface area (Å²) in [6.45, 7) is 3.49. The lowest BCUT2D eigenvalue weighted by Crippen LogP contribution is -2.45. The van der Waals surface area contributed by atoms with Crippen LogP contribution < -0.4 is 10.1 Å². The van der Waals surface area contributed by atoms with Gasteiger partial charge in [0, 0.05) is 32.6 Å². The Hall–Kier alpha value is -2.87. The molecule has 176 valence electrons. The molecule has 1 aromatic heterocycles. The second kappa shape index (κ2) is 10.8. The van der Waals surface area contributed by atoms with E-state index in [1.807, 2.05) is 51.6 Å². The minimum Gasteiger partial charge on any atom is -0.494 e. The summed E-state index contributed by atoms with van der Waals surface area (Å²) >= 11 is 1.36. The quantitative estimate of drug-likeness (QED) is 0.603. The van der Waals surface area contributed by atoms with Crippen LogP contribution in [0, 0.1) is 5.41 Å². The Balaban J connectivity index is 1.15. The zero-order valence-electron chi connectivity index (χ0n) is 18.8. The highest BCUT2D eigenvalue weighted by Gasteiger charge is 2.42. The van der Waals surface area contributed by atoms with Crippen molar-refractivity contribution < 1.29 is 19.1 Å². The Labute approximate surface area is 198 Å². The highest BCUT2D eigenvalue weighted by molar-refractivity contribution is 7.12. The molecular formula is C25H31N3O4S. The number of piperidine rings is 1. The molecule has 1 spiro atoms. The fraction of sp³-hybridized carbons (Fsp3) is 0.480. The van der Waals surface area contributed by atoms with Crippen LogP contribution in [0.3, 0.4) is 0 Å². The summed E-state index contributed by atoms with van der Waals surface area (Å²) in [6, 6.07) is 13.2. The first-order chi connectivity index (χ1) is 16.0. The number of nitrogens with zero attached hydrogens (tertiary/aromatic N) is 2. The van der Waals surface area contributed by atoms with E-state index in [4.69, 9.17) is 4.74 Å². The van der Waals surface area contributed by atoms with Crippen LogP contribution in [0.2, 0.25) is 0 Å². The van der Waals surface area contributed by atoms with E-state index in [9.17, 15) is 14.4 Å². The maximum Gasteiger partial charge on any atom is 0.261 e. The molecule has 0 bridgehead atoms. The number of para-hydroxylation sites is 1. The Kier molecular flexibility index (Phi) is 7.65. The molecule has 0 atom stereocenters. The lowest BCUT2D eigenvalue weighted by atomic mass is 9.77. The van der Waals surface area contributed by atoms with Crippen molar-refractivity contribution in [3.63, 3.8) is 0 Å². The average molecular weight is 470 g/mol. The van der Waals surface area contributed by atoms with Crippen LogP contribution in [-0.2, 0) is 9.59 Å². The lowest BCUT2D eigenvalue weighted by Gasteiger charge is -2.39. The molecule has 4 rings (SSSR count). The van der Waals surface area contributed by atoms with Gasteiger partial charge in [0.05, 0.1) is 18.0 Å². The molecule has 2 aromatic rings. The number of thiophene rings is 1. The first-order valence-corrected chi connectivity index (χ1v) is 12.5. The molecule has 0 unspecified atom stereocenters. The first-order valence-electron chi connectivity index (χ1n) is 11.6. The van der Waals surface area contributed by atoms with Crippen molar-refractivity contribution in [3.05, 3.63) is 52.7 Å². The number of likely N-dealkylation sites (tertiary alicyclic amines) is 2. The first kappa shape index (κ1) is 23.3. The smallest absolute Gasteiger partial charge is 0.261 e. The largest absolute Gasteiger partial charge is 0.494 e. The number of hydrogen-bond donors (Lipinski definition) is 1. The highest BCUT2D eigenvalue weighted by atomic mass is 32.1. The van der Waals surface area contributed by atoms with Crippen molar-refractivity contribution in [2.24, 2.45) is 5.41 Å². The van der Waals surface area contributed by atoms with Gasteiger partial charge in [-0.1, -0.05) is 24.3 Å². The van der Waals surface area contributed by atoms with Crippen LogP contribution in [0.15, 0.2) is 47.8 Å². The van der Waals surface area contributed by atoms with Crippen molar-refractivity contribution in [1.29, 1.82) is 0 Å². The summed E-state index contributed by atoms with van der Waals surface area (Å²) in [7, 11) is 0. The van der Waals surface area contributed by atoms with Crippen LogP contribution in [0.5, 0.6) is 5.75 Å². The number of ether oxygens (including phenoxy) is 1. The second-order valence-electron chi connectivity index (χ2n) is 8.87. The zero-order chi connectivity index (χ0) is 23.1.